The fourth-order valence-electron chi connectivity index (χ4n) is 1.89. The summed E-state index contributed by atoms with van der Waals surface area (Å²) >= 11 is 0. The zero-order valence-corrected chi connectivity index (χ0v) is 15.3. The van der Waals surface area contributed by atoms with E-state index in [1.165, 1.54) is 4.90 Å². The third kappa shape index (κ3) is 6.96. The molecule has 1 aliphatic rings. The van der Waals surface area contributed by atoms with Gasteiger partial charge in [0, 0.05) is 13.0 Å². The molecule has 1 fully saturated rings. The van der Waals surface area contributed by atoms with E-state index >= 15 is 0 Å². The number of hydrogen-bond donors (Lipinski definition) is 0. The summed E-state index contributed by atoms with van der Waals surface area (Å²) < 4.78 is 10.7. The molecule has 0 unspecified atom stereocenters. The Balaban J connectivity index is 0.00000211. The van der Waals surface area contributed by atoms with Crippen LogP contribution >= 0.6 is 0 Å². The van der Waals surface area contributed by atoms with Crippen molar-refractivity contribution < 1.29 is 19.1 Å². The molecule has 0 aromatic rings. The summed E-state index contributed by atoms with van der Waals surface area (Å²) in [5.41, 5.74) is -0.355. The molecule has 1 heterocycles. The van der Waals surface area contributed by atoms with Crippen LogP contribution in [0.25, 0.3) is 0 Å². The van der Waals surface area contributed by atoms with E-state index in [-0.39, 0.29) is 0 Å². The van der Waals surface area contributed by atoms with Gasteiger partial charge in [-0.15, -0.1) is 0 Å². The minimum absolute atomic E-state index is 0.332. The van der Waals surface area contributed by atoms with Crippen LogP contribution in [0, 0.1) is 0 Å². The van der Waals surface area contributed by atoms with E-state index in [0.29, 0.717) is 13.0 Å². The Morgan fingerprint density at radius 2 is 1.50 bits per heavy atom. The first-order valence-corrected chi connectivity index (χ1v) is 7.78. The molecular formula is C17H31NO4. The molecule has 0 aliphatic carbocycles. The van der Waals surface area contributed by atoms with Crippen LogP contribution in [0.5, 0.6) is 0 Å². The van der Waals surface area contributed by atoms with Crippen molar-refractivity contribution in [2.24, 2.45) is 0 Å². The largest absolute Gasteiger partial charge is 0.458 e. The molecule has 128 valence electrons. The van der Waals surface area contributed by atoms with Crippen molar-refractivity contribution in [3.63, 3.8) is 0 Å². The normalized spacial score (nSPS) is 18.5. The van der Waals surface area contributed by atoms with Gasteiger partial charge in [0.1, 0.15) is 17.2 Å². The van der Waals surface area contributed by atoms with E-state index in [0.717, 1.165) is 5.57 Å². The maximum atomic E-state index is 12.2. The second-order valence-electron chi connectivity index (χ2n) is 7.11. The standard InChI is InChI=1S/C15H25NO4.C2H6/c1-10-8-11(12(17)19-14(2,3)4)16(9-10)13(18)20-15(5,6)7;1-2/h11H,1,8-9H2,2-7H3;1-2H3/t11-;/m0./s1. The van der Waals surface area contributed by atoms with Crippen LogP contribution in [-0.4, -0.2) is 40.8 Å². The number of amides is 1. The van der Waals surface area contributed by atoms with Crippen molar-refractivity contribution in [1.29, 1.82) is 0 Å². The van der Waals surface area contributed by atoms with E-state index in [4.69, 9.17) is 9.47 Å². The Bertz CT molecular complexity index is 377. The first kappa shape index (κ1) is 20.5. The maximum absolute atomic E-state index is 12.2. The highest BCUT2D eigenvalue weighted by atomic mass is 16.6. The van der Waals surface area contributed by atoms with Crippen molar-refractivity contribution in [2.75, 3.05) is 6.54 Å². The topological polar surface area (TPSA) is 55.8 Å². The minimum atomic E-state index is -0.642. The lowest BCUT2D eigenvalue weighted by Crippen LogP contribution is -2.45. The third-order valence-electron chi connectivity index (χ3n) is 2.56. The Labute approximate surface area is 134 Å². The highest BCUT2D eigenvalue weighted by Gasteiger charge is 2.40. The van der Waals surface area contributed by atoms with E-state index < -0.39 is 29.3 Å². The molecule has 5 nitrogen and oxygen atoms in total. The van der Waals surface area contributed by atoms with Crippen molar-refractivity contribution in [1.82, 2.24) is 4.90 Å². The molecule has 1 atom stereocenters. The molecule has 1 amide bonds. The molecule has 1 aliphatic heterocycles. The number of esters is 1. The van der Waals surface area contributed by atoms with Gasteiger partial charge in [0.15, 0.2) is 0 Å². The van der Waals surface area contributed by atoms with Crippen molar-refractivity contribution >= 4 is 12.1 Å². The van der Waals surface area contributed by atoms with Gasteiger partial charge < -0.3 is 9.47 Å². The second kappa shape index (κ2) is 7.65. The van der Waals surface area contributed by atoms with E-state index in [2.05, 4.69) is 6.58 Å². The summed E-state index contributed by atoms with van der Waals surface area (Å²) in [6.07, 6.45) is -0.0826. The molecule has 0 saturated carbocycles. The van der Waals surface area contributed by atoms with E-state index in [1.54, 1.807) is 41.5 Å². The SMILES string of the molecule is C=C1C[C@@H](C(=O)OC(C)(C)C)N(C(=O)OC(C)(C)C)C1.CC. The lowest BCUT2D eigenvalue weighted by atomic mass is 10.1. The van der Waals surface area contributed by atoms with Gasteiger partial charge in [-0.25, -0.2) is 9.59 Å². The smallest absolute Gasteiger partial charge is 0.411 e. The van der Waals surface area contributed by atoms with Crippen LogP contribution in [0.1, 0.15) is 61.8 Å². The third-order valence-corrected chi connectivity index (χ3v) is 2.56. The fraction of sp³-hybridized carbons (Fsp3) is 0.765. The van der Waals surface area contributed by atoms with Crippen LogP contribution in [0.2, 0.25) is 0 Å². The molecule has 0 aromatic carbocycles. The molecule has 0 radical (unpaired) electrons. The number of likely N-dealkylation sites (tertiary alicyclic amines) is 1. The predicted molar refractivity (Wildman–Crippen MR) is 87.7 cm³/mol. The first-order chi connectivity index (χ1) is 9.89. The Kier molecular flexibility index (Phi) is 7.13. The highest BCUT2D eigenvalue weighted by molar-refractivity contribution is 5.83. The minimum Gasteiger partial charge on any atom is -0.458 e. The number of carbonyl (C=O) groups excluding carboxylic acids is 2. The van der Waals surface area contributed by atoms with Gasteiger partial charge in [-0.2, -0.15) is 0 Å². The summed E-state index contributed by atoms with van der Waals surface area (Å²) in [4.78, 5) is 25.7. The van der Waals surface area contributed by atoms with Crippen LogP contribution in [0.3, 0.4) is 0 Å². The first-order valence-electron chi connectivity index (χ1n) is 7.78. The fourth-order valence-corrected chi connectivity index (χ4v) is 1.89. The number of rotatable bonds is 1. The molecule has 0 aromatic heterocycles. The van der Waals surface area contributed by atoms with Gasteiger partial charge in [-0.1, -0.05) is 26.0 Å². The van der Waals surface area contributed by atoms with Gasteiger partial charge >= 0.3 is 12.1 Å². The maximum Gasteiger partial charge on any atom is 0.411 e. The highest BCUT2D eigenvalue weighted by Crippen LogP contribution is 2.26. The average Bonchev–Trinajstić information content (AvgIpc) is 2.70. The number of hydrogen-bond acceptors (Lipinski definition) is 4. The summed E-state index contributed by atoms with van der Waals surface area (Å²) in [6.45, 7) is 19.0. The van der Waals surface area contributed by atoms with Gasteiger partial charge in [-0.05, 0) is 41.5 Å². The lowest BCUT2D eigenvalue weighted by Gasteiger charge is -2.29. The van der Waals surface area contributed by atoms with E-state index in [9.17, 15) is 9.59 Å². The van der Waals surface area contributed by atoms with Crippen molar-refractivity contribution in [3.05, 3.63) is 12.2 Å². The predicted octanol–water partition coefficient (Wildman–Crippen LogP) is 3.92. The zero-order valence-electron chi connectivity index (χ0n) is 15.3. The van der Waals surface area contributed by atoms with Gasteiger partial charge in [0.25, 0.3) is 0 Å². The number of carbonyl (C=O) groups is 2. The number of nitrogens with zero attached hydrogens (tertiary/aromatic N) is 1. The average molecular weight is 313 g/mol. The zero-order chi connectivity index (χ0) is 17.7. The van der Waals surface area contributed by atoms with Crippen LogP contribution < -0.4 is 0 Å². The molecular weight excluding hydrogens is 282 g/mol. The monoisotopic (exact) mass is 313 g/mol. The van der Waals surface area contributed by atoms with Gasteiger partial charge in [0.05, 0.1) is 0 Å². The molecule has 0 N–H and O–H groups in total. The Morgan fingerprint density at radius 1 is 1.05 bits per heavy atom. The van der Waals surface area contributed by atoms with Crippen LogP contribution in [-0.2, 0) is 14.3 Å². The quantitative estimate of drug-likeness (QED) is 0.544. The molecule has 5 heteroatoms. The molecule has 1 rings (SSSR count). The molecule has 1 saturated heterocycles. The summed E-state index contributed by atoms with van der Waals surface area (Å²) in [5.74, 6) is -0.415. The van der Waals surface area contributed by atoms with Gasteiger partial charge in [-0.3, -0.25) is 4.90 Å². The summed E-state index contributed by atoms with van der Waals surface area (Å²) in [6, 6.07) is -0.642. The molecule has 22 heavy (non-hydrogen) atoms. The lowest BCUT2D eigenvalue weighted by molar-refractivity contribution is -0.160. The van der Waals surface area contributed by atoms with Crippen LogP contribution in [0.4, 0.5) is 4.79 Å². The van der Waals surface area contributed by atoms with Gasteiger partial charge in [0.2, 0.25) is 0 Å². The Morgan fingerprint density at radius 3 is 1.91 bits per heavy atom. The summed E-state index contributed by atoms with van der Waals surface area (Å²) in [7, 11) is 0. The van der Waals surface area contributed by atoms with Crippen molar-refractivity contribution in [3.8, 4) is 0 Å². The number of ether oxygens (including phenoxy) is 2. The van der Waals surface area contributed by atoms with Crippen LogP contribution in [0.15, 0.2) is 12.2 Å². The van der Waals surface area contributed by atoms with E-state index in [1.807, 2.05) is 13.8 Å². The second-order valence-corrected chi connectivity index (χ2v) is 7.11. The Hall–Kier alpha value is -1.52. The van der Waals surface area contributed by atoms with Crippen molar-refractivity contribution in [2.45, 2.75) is 79.1 Å². The molecule has 0 bridgehead atoms. The molecule has 0 spiro atoms. The summed E-state index contributed by atoms with van der Waals surface area (Å²) in [5, 5.41) is 0.